The lowest BCUT2D eigenvalue weighted by Gasteiger charge is -2.25. The van der Waals surface area contributed by atoms with E-state index in [4.69, 9.17) is 5.73 Å². The highest BCUT2D eigenvalue weighted by atomic mass is 15.2. The van der Waals surface area contributed by atoms with Crippen LogP contribution in [0.3, 0.4) is 0 Å². The van der Waals surface area contributed by atoms with Crippen molar-refractivity contribution in [2.45, 2.75) is 46.6 Å². The van der Waals surface area contributed by atoms with E-state index in [-0.39, 0.29) is 6.04 Å². The number of rotatable bonds is 3. The Morgan fingerprint density at radius 1 is 1.39 bits per heavy atom. The Morgan fingerprint density at radius 3 is 2.67 bits per heavy atom. The Bertz CT molecular complexity index is 421. The van der Waals surface area contributed by atoms with Gasteiger partial charge in [-0.1, -0.05) is 31.5 Å². The molecule has 2 N–H and O–H groups in total. The molecule has 0 spiro atoms. The second-order valence-corrected chi connectivity index (χ2v) is 6.65. The Kier molecular flexibility index (Phi) is 3.67. The SMILES string of the molecule is Cc1ccc(N2CCC(C)(C)C2)c(CC(C)N)c1. The van der Waals surface area contributed by atoms with Gasteiger partial charge in [0.2, 0.25) is 0 Å². The van der Waals surface area contributed by atoms with E-state index < -0.39 is 0 Å². The average molecular weight is 246 g/mol. The summed E-state index contributed by atoms with van der Waals surface area (Å²) in [5.74, 6) is 0. The maximum Gasteiger partial charge on any atom is 0.0399 e. The molecule has 2 rings (SSSR count). The molecule has 0 aromatic heterocycles. The lowest BCUT2D eigenvalue weighted by Crippen LogP contribution is -2.25. The van der Waals surface area contributed by atoms with Crippen molar-refractivity contribution in [3.8, 4) is 0 Å². The molecule has 1 unspecified atom stereocenters. The Hall–Kier alpha value is -1.02. The lowest BCUT2D eigenvalue weighted by atomic mass is 9.93. The number of aryl methyl sites for hydroxylation is 1. The zero-order valence-corrected chi connectivity index (χ0v) is 12.2. The monoisotopic (exact) mass is 246 g/mol. The van der Waals surface area contributed by atoms with E-state index in [2.05, 4.69) is 50.8 Å². The average Bonchev–Trinajstić information content (AvgIpc) is 2.58. The first-order valence-electron chi connectivity index (χ1n) is 6.97. The van der Waals surface area contributed by atoms with Crippen LogP contribution in [0.5, 0.6) is 0 Å². The molecule has 2 heteroatoms. The predicted octanol–water partition coefficient (Wildman–Crippen LogP) is 3.12. The quantitative estimate of drug-likeness (QED) is 0.888. The van der Waals surface area contributed by atoms with E-state index in [1.165, 1.54) is 29.8 Å². The fourth-order valence-electron chi connectivity index (χ4n) is 2.85. The van der Waals surface area contributed by atoms with E-state index in [1.54, 1.807) is 0 Å². The number of anilines is 1. The third-order valence-electron chi connectivity index (χ3n) is 3.79. The Balaban J connectivity index is 2.27. The molecule has 1 aliphatic rings. The first kappa shape index (κ1) is 13.4. The number of nitrogens with zero attached hydrogens (tertiary/aromatic N) is 1. The van der Waals surface area contributed by atoms with Crippen molar-refractivity contribution in [2.75, 3.05) is 18.0 Å². The molecule has 0 radical (unpaired) electrons. The molecule has 0 aliphatic carbocycles. The minimum atomic E-state index is 0.223. The van der Waals surface area contributed by atoms with E-state index in [1.807, 2.05) is 0 Å². The highest BCUT2D eigenvalue weighted by Crippen LogP contribution is 2.34. The molecule has 2 nitrogen and oxygen atoms in total. The van der Waals surface area contributed by atoms with Crippen LogP contribution in [-0.4, -0.2) is 19.1 Å². The first-order valence-corrected chi connectivity index (χ1v) is 6.97. The van der Waals surface area contributed by atoms with Gasteiger partial charge < -0.3 is 10.6 Å². The molecule has 18 heavy (non-hydrogen) atoms. The van der Waals surface area contributed by atoms with Crippen LogP contribution in [0.25, 0.3) is 0 Å². The van der Waals surface area contributed by atoms with Crippen LogP contribution in [-0.2, 0) is 6.42 Å². The molecule has 1 fully saturated rings. The molecule has 1 atom stereocenters. The zero-order chi connectivity index (χ0) is 13.3. The minimum Gasteiger partial charge on any atom is -0.371 e. The summed E-state index contributed by atoms with van der Waals surface area (Å²) < 4.78 is 0. The molecule has 1 aromatic carbocycles. The third kappa shape index (κ3) is 3.05. The van der Waals surface area contributed by atoms with Crippen LogP contribution in [0.4, 0.5) is 5.69 Å². The third-order valence-corrected chi connectivity index (χ3v) is 3.79. The minimum absolute atomic E-state index is 0.223. The Morgan fingerprint density at radius 2 is 2.11 bits per heavy atom. The summed E-state index contributed by atoms with van der Waals surface area (Å²) in [5.41, 5.74) is 10.5. The Labute approximate surface area is 111 Å². The van der Waals surface area contributed by atoms with Crippen LogP contribution < -0.4 is 10.6 Å². The maximum absolute atomic E-state index is 5.98. The normalized spacial score (nSPS) is 20.2. The van der Waals surface area contributed by atoms with Gasteiger partial charge in [-0.2, -0.15) is 0 Å². The van der Waals surface area contributed by atoms with Gasteiger partial charge in [0, 0.05) is 24.8 Å². The van der Waals surface area contributed by atoms with Crippen molar-refractivity contribution in [1.82, 2.24) is 0 Å². The summed E-state index contributed by atoms with van der Waals surface area (Å²) in [4.78, 5) is 2.52. The molecule has 1 heterocycles. The van der Waals surface area contributed by atoms with E-state index >= 15 is 0 Å². The number of hydrogen-bond donors (Lipinski definition) is 1. The van der Waals surface area contributed by atoms with Gasteiger partial charge in [0.15, 0.2) is 0 Å². The molecule has 1 aliphatic heterocycles. The van der Waals surface area contributed by atoms with Crippen molar-refractivity contribution < 1.29 is 0 Å². The van der Waals surface area contributed by atoms with Gasteiger partial charge >= 0.3 is 0 Å². The van der Waals surface area contributed by atoms with Crippen LogP contribution in [0.2, 0.25) is 0 Å². The smallest absolute Gasteiger partial charge is 0.0399 e. The van der Waals surface area contributed by atoms with Crippen LogP contribution in [0.15, 0.2) is 18.2 Å². The number of benzene rings is 1. The molecule has 100 valence electrons. The fourth-order valence-corrected chi connectivity index (χ4v) is 2.85. The largest absolute Gasteiger partial charge is 0.371 e. The van der Waals surface area contributed by atoms with Crippen molar-refractivity contribution in [2.24, 2.45) is 11.1 Å². The molecule has 0 bridgehead atoms. The number of nitrogens with two attached hydrogens (primary N) is 1. The molecule has 0 saturated carbocycles. The highest BCUT2D eigenvalue weighted by molar-refractivity contribution is 5.56. The molecular weight excluding hydrogens is 220 g/mol. The van der Waals surface area contributed by atoms with Crippen molar-refractivity contribution >= 4 is 5.69 Å². The van der Waals surface area contributed by atoms with Gasteiger partial charge in [-0.15, -0.1) is 0 Å². The summed E-state index contributed by atoms with van der Waals surface area (Å²) in [7, 11) is 0. The van der Waals surface area contributed by atoms with Crippen LogP contribution in [0, 0.1) is 12.3 Å². The summed E-state index contributed by atoms with van der Waals surface area (Å²) in [5, 5.41) is 0. The molecule has 1 saturated heterocycles. The highest BCUT2D eigenvalue weighted by Gasteiger charge is 2.30. The van der Waals surface area contributed by atoms with Crippen molar-refractivity contribution in [3.63, 3.8) is 0 Å². The van der Waals surface area contributed by atoms with E-state index in [0.29, 0.717) is 5.41 Å². The molecule has 0 amide bonds. The van der Waals surface area contributed by atoms with Crippen molar-refractivity contribution in [3.05, 3.63) is 29.3 Å². The molecule has 1 aromatic rings. The van der Waals surface area contributed by atoms with Gasteiger partial charge in [-0.05, 0) is 43.7 Å². The van der Waals surface area contributed by atoms with Crippen molar-refractivity contribution in [1.29, 1.82) is 0 Å². The second-order valence-electron chi connectivity index (χ2n) is 6.65. The van der Waals surface area contributed by atoms with E-state index in [0.717, 1.165) is 13.0 Å². The van der Waals surface area contributed by atoms with Crippen LogP contribution >= 0.6 is 0 Å². The van der Waals surface area contributed by atoms with Gasteiger partial charge in [-0.3, -0.25) is 0 Å². The summed E-state index contributed by atoms with van der Waals surface area (Å²) in [6.07, 6.45) is 2.24. The van der Waals surface area contributed by atoms with E-state index in [9.17, 15) is 0 Å². The summed E-state index contributed by atoms with van der Waals surface area (Å²) in [6.45, 7) is 11.3. The second kappa shape index (κ2) is 4.93. The summed E-state index contributed by atoms with van der Waals surface area (Å²) in [6, 6.07) is 7.00. The maximum atomic E-state index is 5.98. The fraction of sp³-hybridized carbons (Fsp3) is 0.625. The summed E-state index contributed by atoms with van der Waals surface area (Å²) >= 11 is 0. The van der Waals surface area contributed by atoms with Gasteiger partial charge in [0.25, 0.3) is 0 Å². The lowest BCUT2D eigenvalue weighted by molar-refractivity contribution is 0.418. The first-order chi connectivity index (χ1) is 8.37. The standard InChI is InChI=1S/C16H26N2/c1-12-5-6-15(14(9-12)10-13(2)17)18-8-7-16(3,4)11-18/h5-6,9,13H,7-8,10-11,17H2,1-4H3. The zero-order valence-electron chi connectivity index (χ0n) is 12.2. The van der Waals surface area contributed by atoms with Gasteiger partial charge in [0.1, 0.15) is 0 Å². The van der Waals surface area contributed by atoms with Gasteiger partial charge in [-0.25, -0.2) is 0 Å². The molecular formula is C16H26N2. The topological polar surface area (TPSA) is 29.3 Å². The van der Waals surface area contributed by atoms with Gasteiger partial charge in [0.05, 0.1) is 0 Å². The van der Waals surface area contributed by atoms with Crippen LogP contribution in [0.1, 0.15) is 38.3 Å². The predicted molar refractivity (Wildman–Crippen MR) is 79.1 cm³/mol. The number of hydrogen-bond acceptors (Lipinski definition) is 2.